The van der Waals surface area contributed by atoms with E-state index < -0.39 is 0 Å². The first-order valence-electron chi connectivity index (χ1n) is 19.0. The minimum atomic E-state index is -0.224. The Balaban J connectivity index is 1.15. The van der Waals surface area contributed by atoms with Crippen LogP contribution in [-0.4, -0.2) is 0 Å². The van der Waals surface area contributed by atoms with E-state index in [2.05, 4.69) is 134 Å². The Hall–Kier alpha value is -4.95. The summed E-state index contributed by atoms with van der Waals surface area (Å²) in [6, 6.07) is 48.2. The van der Waals surface area contributed by atoms with E-state index in [1.807, 2.05) is 6.07 Å². The number of hydrogen-bond donors (Lipinski definition) is 0. The number of rotatable bonds is 4. The smallest absolute Gasteiger partial charge is 0.125 e. The Bertz CT molecular complexity index is 2360. The third-order valence-corrected chi connectivity index (χ3v) is 13.9. The molecule has 12 rings (SSSR count). The number of halogens is 1. The summed E-state index contributed by atoms with van der Waals surface area (Å²) in [5.74, 6) is 2.91. The van der Waals surface area contributed by atoms with Crippen molar-refractivity contribution in [1.29, 1.82) is 0 Å². The Morgan fingerprint density at radius 2 is 1.22 bits per heavy atom. The van der Waals surface area contributed by atoms with Crippen molar-refractivity contribution in [2.45, 2.75) is 56.8 Å². The van der Waals surface area contributed by atoms with Crippen LogP contribution in [-0.2, 0) is 10.8 Å². The fraction of sp³-hybridized carbons (Fsp3) is 0.265. The Morgan fingerprint density at radius 3 is 2.00 bits per heavy atom. The van der Waals surface area contributed by atoms with E-state index in [0.717, 1.165) is 28.9 Å². The van der Waals surface area contributed by atoms with Gasteiger partial charge in [0.25, 0.3) is 0 Å². The molecule has 0 unspecified atom stereocenters. The molecule has 2 heteroatoms. The summed E-state index contributed by atoms with van der Waals surface area (Å²) >= 11 is 0. The monoisotopic (exact) mass is 663 g/mol. The highest BCUT2D eigenvalue weighted by molar-refractivity contribution is 5.96. The van der Waals surface area contributed by atoms with Crippen LogP contribution in [0.3, 0.4) is 0 Å². The molecule has 51 heavy (non-hydrogen) atoms. The summed E-state index contributed by atoms with van der Waals surface area (Å²) in [7, 11) is 0. The zero-order valence-electron chi connectivity index (χ0n) is 29.4. The van der Waals surface area contributed by atoms with Crippen LogP contribution in [0.2, 0.25) is 0 Å². The quantitative estimate of drug-likeness (QED) is 0.181. The molecule has 0 atom stereocenters. The summed E-state index contributed by atoms with van der Waals surface area (Å²) < 4.78 is 15.2. The molecule has 1 nitrogen and oxygen atoms in total. The van der Waals surface area contributed by atoms with Gasteiger partial charge in [0, 0.05) is 27.8 Å². The molecule has 0 radical (unpaired) electrons. The molecule has 0 amide bonds. The van der Waals surface area contributed by atoms with E-state index in [9.17, 15) is 0 Å². The van der Waals surface area contributed by atoms with Crippen molar-refractivity contribution in [1.82, 2.24) is 0 Å². The maximum atomic E-state index is 15.2. The molecule has 6 aliphatic rings. The average molecular weight is 664 g/mol. The van der Waals surface area contributed by atoms with Gasteiger partial charge in [-0.25, -0.2) is 4.39 Å². The number of nitrogens with zero attached hydrogens (tertiary/aromatic N) is 1. The lowest BCUT2D eigenvalue weighted by molar-refractivity contribution is -0.0399. The van der Waals surface area contributed by atoms with Gasteiger partial charge in [0.15, 0.2) is 0 Å². The van der Waals surface area contributed by atoms with Crippen molar-refractivity contribution in [3.05, 3.63) is 162 Å². The molecule has 0 aromatic heterocycles. The summed E-state index contributed by atoms with van der Waals surface area (Å²) in [4.78, 5) is 2.32. The van der Waals surface area contributed by atoms with Gasteiger partial charge in [-0.2, -0.15) is 0 Å². The largest absolute Gasteiger partial charge is 0.310 e. The van der Waals surface area contributed by atoms with E-state index in [4.69, 9.17) is 0 Å². The fourth-order valence-electron chi connectivity index (χ4n) is 12.1. The third-order valence-electron chi connectivity index (χ3n) is 13.9. The van der Waals surface area contributed by atoms with Gasteiger partial charge in [-0.15, -0.1) is 0 Å². The van der Waals surface area contributed by atoms with Crippen molar-refractivity contribution in [3.63, 3.8) is 0 Å². The second kappa shape index (κ2) is 10.5. The highest BCUT2D eigenvalue weighted by atomic mass is 19.1. The molecular formula is C49H42FN. The van der Waals surface area contributed by atoms with Crippen LogP contribution >= 0.6 is 0 Å². The highest BCUT2D eigenvalue weighted by Crippen LogP contribution is 2.70. The SMILES string of the molecule is CC1(C)c2ccccc2-c2c(N(c3cccc(F)c3)c3ccc4c(c3)-c3ccc(-c5ccccc5)cc3C43C4CC5CC(C4)CC3C5)cccc21. The number of benzene rings is 6. The molecule has 4 bridgehead atoms. The predicted octanol–water partition coefficient (Wildman–Crippen LogP) is 13.0. The summed E-state index contributed by atoms with van der Waals surface area (Å²) in [6.07, 6.45) is 6.84. The van der Waals surface area contributed by atoms with Gasteiger partial charge in [-0.3, -0.25) is 0 Å². The van der Waals surface area contributed by atoms with Crippen LogP contribution in [0, 0.1) is 29.5 Å². The molecule has 250 valence electrons. The van der Waals surface area contributed by atoms with Gasteiger partial charge < -0.3 is 4.90 Å². The Morgan fingerprint density at radius 1 is 0.510 bits per heavy atom. The summed E-state index contributed by atoms with van der Waals surface area (Å²) in [5.41, 5.74) is 16.6. The second-order valence-electron chi connectivity index (χ2n) is 16.7. The molecule has 0 saturated heterocycles. The lowest BCUT2D eigenvalue weighted by atomic mass is 9.43. The van der Waals surface area contributed by atoms with E-state index in [-0.39, 0.29) is 16.6 Å². The number of fused-ring (bicyclic) bond motifs is 6. The van der Waals surface area contributed by atoms with Crippen LogP contribution in [0.5, 0.6) is 0 Å². The van der Waals surface area contributed by atoms with Crippen molar-refractivity contribution >= 4 is 17.1 Å². The van der Waals surface area contributed by atoms with Crippen molar-refractivity contribution in [2.75, 3.05) is 4.90 Å². The third kappa shape index (κ3) is 4.02. The molecule has 1 spiro atoms. The fourth-order valence-corrected chi connectivity index (χ4v) is 12.1. The minimum absolute atomic E-state index is 0.0576. The molecule has 0 heterocycles. The second-order valence-corrected chi connectivity index (χ2v) is 16.7. The van der Waals surface area contributed by atoms with Crippen molar-refractivity contribution < 1.29 is 4.39 Å². The summed E-state index contributed by atoms with van der Waals surface area (Å²) in [5, 5.41) is 0. The molecule has 6 aromatic rings. The molecule has 0 N–H and O–H groups in total. The van der Waals surface area contributed by atoms with Gasteiger partial charge >= 0.3 is 0 Å². The lowest BCUT2D eigenvalue weighted by Crippen LogP contribution is -2.55. The van der Waals surface area contributed by atoms with Crippen LogP contribution in [0.25, 0.3) is 33.4 Å². The number of hydrogen-bond acceptors (Lipinski definition) is 1. The van der Waals surface area contributed by atoms with Crippen molar-refractivity contribution in [2.24, 2.45) is 23.7 Å². The normalized spacial score (nSPS) is 25.4. The molecule has 4 fully saturated rings. The van der Waals surface area contributed by atoms with Crippen LogP contribution < -0.4 is 4.90 Å². The van der Waals surface area contributed by atoms with E-state index in [1.165, 1.54) is 82.2 Å². The van der Waals surface area contributed by atoms with Gasteiger partial charge in [0.2, 0.25) is 0 Å². The highest BCUT2D eigenvalue weighted by Gasteiger charge is 2.61. The van der Waals surface area contributed by atoms with Crippen LogP contribution in [0.4, 0.5) is 21.5 Å². The maximum absolute atomic E-state index is 15.2. The standard InChI is InChI=1S/C49H42FN/c1-48(2)42-15-7-6-14-40(42)47-44(48)16-9-17-46(47)51(37-13-8-12-36(50)28-37)38-19-21-43-41(29-38)39-20-18-33(32-10-4-3-5-11-32)27-45(39)49(43)34-23-30-22-31(25-34)26-35(49)24-30/h3-21,27-31,34-35H,22-26H2,1-2H3. The molecule has 6 aromatic carbocycles. The van der Waals surface area contributed by atoms with E-state index >= 15 is 4.39 Å². The summed E-state index contributed by atoms with van der Waals surface area (Å²) in [6.45, 7) is 4.66. The van der Waals surface area contributed by atoms with E-state index in [0.29, 0.717) is 11.8 Å². The topological polar surface area (TPSA) is 3.24 Å². The van der Waals surface area contributed by atoms with Gasteiger partial charge in [-0.1, -0.05) is 105 Å². The molecule has 4 saturated carbocycles. The van der Waals surface area contributed by atoms with Gasteiger partial charge in [0.05, 0.1) is 5.69 Å². The first-order chi connectivity index (χ1) is 24.9. The van der Waals surface area contributed by atoms with Gasteiger partial charge in [0.1, 0.15) is 5.82 Å². The minimum Gasteiger partial charge on any atom is -0.310 e. The van der Waals surface area contributed by atoms with Crippen molar-refractivity contribution in [3.8, 4) is 33.4 Å². The van der Waals surface area contributed by atoms with E-state index in [1.54, 1.807) is 17.7 Å². The molecule has 6 aliphatic carbocycles. The average Bonchev–Trinajstić information content (AvgIpc) is 3.56. The zero-order chi connectivity index (χ0) is 34.1. The molecule has 0 aliphatic heterocycles. The van der Waals surface area contributed by atoms with Crippen LogP contribution in [0.1, 0.15) is 68.2 Å². The molecular weight excluding hydrogens is 622 g/mol. The lowest BCUT2D eigenvalue weighted by Gasteiger charge is -2.61. The first kappa shape index (κ1) is 29.7. The van der Waals surface area contributed by atoms with Crippen LogP contribution in [0.15, 0.2) is 133 Å². The zero-order valence-corrected chi connectivity index (χ0v) is 29.4. The van der Waals surface area contributed by atoms with Gasteiger partial charge in [-0.05, 0) is 148 Å². The Labute approximate surface area is 300 Å². The first-order valence-corrected chi connectivity index (χ1v) is 19.0. The Kier molecular flexibility index (Phi) is 6.15. The maximum Gasteiger partial charge on any atom is 0.125 e. The predicted molar refractivity (Wildman–Crippen MR) is 207 cm³/mol. The number of anilines is 3.